The monoisotopic (exact) mass is 285 g/mol. The van der Waals surface area contributed by atoms with Crippen LogP contribution in [0.5, 0.6) is 0 Å². The van der Waals surface area contributed by atoms with E-state index in [0.717, 1.165) is 12.8 Å². The Morgan fingerprint density at radius 3 is 2.48 bits per heavy atom. The number of carbonyl (C=O) groups is 2. The van der Waals surface area contributed by atoms with Crippen LogP contribution in [0.2, 0.25) is 0 Å². The van der Waals surface area contributed by atoms with Crippen LogP contribution in [0.15, 0.2) is 42.5 Å². The van der Waals surface area contributed by atoms with Crippen LogP contribution in [0.4, 0.5) is 0 Å². The number of hydrogen-bond acceptors (Lipinski definition) is 3. The van der Waals surface area contributed by atoms with E-state index in [0.29, 0.717) is 17.9 Å². The molecule has 0 spiro atoms. The minimum absolute atomic E-state index is 0.0163. The highest BCUT2D eigenvalue weighted by Gasteiger charge is 2.52. The minimum Gasteiger partial charge on any atom is -0.467 e. The fourth-order valence-electron chi connectivity index (χ4n) is 3.50. The van der Waals surface area contributed by atoms with Gasteiger partial charge in [-0.3, -0.25) is 4.79 Å². The first-order chi connectivity index (χ1) is 10.2. The molecule has 0 radical (unpaired) electrons. The Balaban J connectivity index is 1.90. The second-order valence-corrected chi connectivity index (χ2v) is 5.82. The predicted molar refractivity (Wildman–Crippen MR) is 78.6 cm³/mol. The molecular formula is C17H19NO3. The van der Waals surface area contributed by atoms with Gasteiger partial charge in [0.2, 0.25) is 0 Å². The van der Waals surface area contributed by atoms with Crippen LogP contribution in [0.3, 0.4) is 0 Å². The average molecular weight is 285 g/mol. The molecule has 0 aliphatic heterocycles. The van der Waals surface area contributed by atoms with Crippen molar-refractivity contribution in [2.45, 2.75) is 24.8 Å². The summed E-state index contributed by atoms with van der Waals surface area (Å²) in [5.41, 5.74) is -0.356. The van der Waals surface area contributed by atoms with Crippen molar-refractivity contribution < 1.29 is 14.3 Å². The van der Waals surface area contributed by atoms with Crippen LogP contribution in [-0.2, 0) is 9.53 Å². The third-order valence-corrected chi connectivity index (χ3v) is 4.60. The molecule has 3 aliphatic rings. The van der Waals surface area contributed by atoms with Gasteiger partial charge in [-0.15, -0.1) is 0 Å². The van der Waals surface area contributed by atoms with Crippen LogP contribution >= 0.6 is 0 Å². The molecule has 1 fully saturated rings. The number of amides is 1. The number of carbonyl (C=O) groups excluding carboxylic acids is 2. The Morgan fingerprint density at radius 2 is 1.95 bits per heavy atom. The van der Waals surface area contributed by atoms with E-state index < -0.39 is 5.54 Å². The van der Waals surface area contributed by atoms with Gasteiger partial charge in [0.1, 0.15) is 5.54 Å². The van der Waals surface area contributed by atoms with E-state index in [1.165, 1.54) is 7.11 Å². The van der Waals surface area contributed by atoms with Gasteiger partial charge >= 0.3 is 5.97 Å². The van der Waals surface area contributed by atoms with Gasteiger partial charge in [-0.05, 0) is 37.3 Å². The molecule has 0 saturated heterocycles. The fourth-order valence-corrected chi connectivity index (χ4v) is 3.50. The van der Waals surface area contributed by atoms with Gasteiger partial charge in [0, 0.05) is 11.5 Å². The van der Waals surface area contributed by atoms with Crippen molar-refractivity contribution in [2.75, 3.05) is 7.11 Å². The van der Waals surface area contributed by atoms with Gasteiger partial charge in [-0.1, -0.05) is 30.4 Å². The maximum Gasteiger partial charge on any atom is 0.332 e. The van der Waals surface area contributed by atoms with Gasteiger partial charge in [-0.25, -0.2) is 4.79 Å². The van der Waals surface area contributed by atoms with E-state index in [-0.39, 0.29) is 17.8 Å². The molecule has 4 rings (SSSR count). The third-order valence-electron chi connectivity index (χ3n) is 4.60. The van der Waals surface area contributed by atoms with Crippen LogP contribution in [0.1, 0.15) is 29.6 Å². The van der Waals surface area contributed by atoms with Crippen molar-refractivity contribution >= 4 is 11.9 Å². The van der Waals surface area contributed by atoms with E-state index in [4.69, 9.17) is 4.74 Å². The summed E-state index contributed by atoms with van der Waals surface area (Å²) < 4.78 is 4.99. The molecule has 0 unspecified atom stereocenters. The molecule has 0 aromatic heterocycles. The zero-order valence-corrected chi connectivity index (χ0v) is 12.0. The molecule has 0 heterocycles. The normalized spacial score (nSPS) is 30.0. The number of methoxy groups -OCH3 is 1. The maximum absolute atomic E-state index is 12.5. The number of ether oxygens (including phenoxy) is 1. The van der Waals surface area contributed by atoms with E-state index >= 15 is 0 Å². The summed E-state index contributed by atoms with van der Waals surface area (Å²) >= 11 is 0. The zero-order chi connectivity index (χ0) is 14.9. The molecule has 1 aromatic rings. The van der Waals surface area contributed by atoms with Gasteiger partial charge < -0.3 is 10.1 Å². The summed E-state index contributed by atoms with van der Waals surface area (Å²) in [5, 5.41) is 2.97. The largest absolute Gasteiger partial charge is 0.467 e. The second-order valence-electron chi connectivity index (χ2n) is 5.82. The maximum atomic E-state index is 12.5. The Labute approximate surface area is 124 Å². The van der Waals surface area contributed by atoms with Gasteiger partial charge in [-0.2, -0.15) is 0 Å². The first-order valence-corrected chi connectivity index (χ1v) is 7.30. The highest BCUT2D eigenvalue weighted by molar-refractivity contribution is 5.98. The van der Waals surface area contributed by atoms with Gasteiger partial charge in [0.25, 0.3) is 5.91 Å². The molecule has 110 valence electrons. The van der Waals surface area contributed by atoms with Crippen molar-refractivity contribution in [3.05, 3.63) is 48.0 Å². The fraction of sp³-hybridized carbons (Fsp3) is 0.412. The lowest BCUT2D eigenvalue weighted by molar-refractivity contribution is -0.152. The first kappa shape index (κ1) is 13.9. The molecule has 1 amide bonds. The predicted octanol–water partition coefficient (Wildman–Crippen LogP) is 2.31. The smallest absolute Gasteiger partial charge is 0.332 e. The summed E-state index contributed by atoms with van der Waals surface area (Å²) in [6.07, 6.45) is 6.82. The van der Waals surface area contributed by atoms with Crippen molar-refractivity contribution in [1.82, 2.24) is 5.32 Å². The molecular weight excluding hydrogens is 266 g/mol. The lowest BCUT2D eigenvalue weighted by Crippen LogP contribution is -2.63. The lowest BCUT2D eigenvalue weighted by Gasteiger charge is -2.46. The topological polar surface area (TPSA) is 55.4 Å². The van der Waals surface area contributed by atoms with E-state index in [9.17, 15) is 9.59 Å². The van der Waals surface area contributed by atoms with Crippen molar-refractivity contribution in [3.63, 3.8) is 0 Å². The molecule has 21 heavy (non-hydrogen) atoms. The van der Waals surface area contributed by atoms with Crippen LogP contribution < -0.4 is 5.32 Å². The number of hydrogen-bond donors (Lipinski definition) is 1. The van der Waals surface area contributed by atoms with Crippen LogP contribution in [-0.4, -0.2) is 24.5 Å². The molecule has 3 aliphatic carbocycles. The molecule has 4 heteroatoms. The van der Waals surface area contributed by atoms with Gasteiger partial charge in [0.05, 0.1) is 7.11 Å². The molecule has 1 N–H and O–H groups in total. The number of rotatable bonds is 3. The highest BCUT2D eigenvalue weighted by Crippen LogP contribution is 2.44. The van der Waals surface area contributed by atoms with Crippen molar-refractivity contribution in [2.24, 2.45) is 11.8 Å². The van der Waals surface area contributed by atoms with Crippen molar-refractivity contribution in [3.8, 4) is 0 Å². The highest BCUT2D eigenvalue weighted by atomic mass is 16.5. The quantitative estimate of drug-likeness (QED) is 0.685. The second kappa shape index (κ2) is 5.35. The van der Waals surface area contributed by atoms with Crippen LogP contribution in [0.25, 0.3) is 0 Å². The zero-order valence-electron chi connectivity index (χ0n) is 12.0. The number of fused-ring (bicyclic) bond motifs is 2. The third kappa shape index (κ3) is 2.35. The van der Waals surface area contributed by atoms with E-state index in [1.807, 2.05) is 18.2 Å². The average Bonchev–Trinajstić information content (AvgIpc) is 2.55. The number of benzene rings is 1. The van der Waals surface area contributed by atoms with Crippen molar-refractivity contribution in [1.29, 1.82) is 0 Å². The molecule has 2 bridgehead atoms. The number of allylic oxidation sites excluding steroid dienone is 1. The summed E-state index contributed by atoms with van der Waals surface area (Å²) in [5.74, 6) is -0.208. The number of nitrogens with one attached hydrogen (secondary N) is 1. The minimum atomic E-state index is -0.917. The van der Waals surface area contributed by atoms with Gasteiger partial charge in [0.15, 0.2) is 0 Å². The van der Waals surface area contributed by atoms with E-state index in [2.05, 4.69) is 17.5 Å². The Kier molecular flexibility index (Phi) is 3.53. The Morgan fingerprint density at radius 1 is 1.19 bits per heavy atom. The summed E-state index contributed by atoms with van der Waals surface area (Å²) in [6.45, 7) is 0. The Hall–Kier alpha value is -2.10. The molecule has 4 nitrogen and oxygen atoms in total. The van der Waals surface area contributed by atoms with Crippen LogP contribution in [0, 0.1) is 11.8 Å². The Bertz CT molecular complexity index is 581. The molecule has 3 atom stereocenters. The number of esters is 1. The summed E-state index contributed by atoms with van der Waals surface area (Å²) in [7, 11) is 1.38. The molecule has 1 aromatic carbocycles. The summed E-state index contributed by atoms with van der Waals surface area (Å²) in [4.78, 5) is 24.8. The van der Waals surface area contributed by atoms with E-state index in [1.54, 1.807) is 12.1 Å². The molecule has 1 saturated carbocycles. The SMILES string of the molecule is COC(=O)[C@]1(NC(=O)c2ccccc2)C[C@H]2C=C[C@@H]1CC2. The first-order valence-electron chi connectivity index (χ1n) is 7.30. The lowest BCUT2D eigenvalue weighted by atomic mass is 9.64. The summed E-state index contributed by atoms with van der Waals surface area (Å²) in [6, 6.07) is 8.98. The standard InChI is InChI=1S/C17H19NO3/c1-21-16(20)17(11-12-7-9-14(17)10-8-12)18-15(19)13-5-3-2-4-6-13/h2-7,9,12,14H,8,10-11H2,1H3,(H,18,19)/t12-,14+,17-/m0/s1.